The number of rotatable bonds is 3. The third kappa shape index (κ3) is 3.30. The third-order valence-electron chi connectivity index (χ3n) is 2.02. The highest BCUT2D eigenvalue weighted by atomic mass is 32.2. The molecule has 0 amide bonds. The molecule has 2 aromatic rings. The quantitative estimate of drug-likeness (QED) is 0.817. The van der Waals surface area contributed by atoms with Gasteiger partial charge < -0.3 is 5.73 Å². The summed E-state index contributed by atoms with van der Waals surface area (Å²) in [5, 5.41) is -0.596. The molecule has 0 saturated heterocycles. The van der Waals surface area contributed by atoms with Gasteiger partial charge in [0.2, 0.25) is 5.03 Å². The number of pyridine rings is 1. The van der Waals surface area contributed by atoms with Crippen LogP contribution in [-0.4, -0.2) is 24.9 Å². The van der Waals surface area contributed by atoms with Crippen LogP contribution in [-0.2, 0) is 10.0 Å². The summed E-state index contributed by atoms with van der Waals surface area (Å²) in [5.74, 6) is 4.41. The number of anilines is 1. The maximum Gasteiger partial charge on any atom is 0.284 e. The molecule has 3 N–H and O–H groups in total. The van der Waals surface area contributed by atoms with Crippen molar-refractivity contribution in [1.29, 1.82) is 0 Å². The van der Waals surface area contributed by atoms with E-state index in [2.05, 4.69) is 26.5 Å². The van der Waals surface area contributed by atoms with Crippen LogP contribution < -0.4 is 10.5 Å². The number of nitrogens with zero attached hydrogens (tertiary/aromatic N) is 2. The Morgan fingerprint density at radius 1 is 1.45 bits per heavy atom. The highest BCUT2D eigenvalue weighted by Gasteiger charge is 2.21. The monoisotopic (exact) mass is 312 g/mol. The van der Waals surface area contributed by atoms with Crippen molar-refractivity contribution in [1.82, 2.24) is 9.97 Å². The van der Waals surface area contributed by atoms with Crippen molar-refractivity contribution in [2.45, 2.75) is 5.03 Å². The summed E-state index contributed by atoms with van der Waals surface area (Å²) < 4.78 is 39.5. The van der Waals surface area contributed by atoms with E-state index in [-0.39, 0.29) is 11.7 Å². The van der Waals surface area contributed by atoms with Gasteiger partial charge >= 0.3 is 0 Å². The van der Waals surface area contributed by atoms with Gasteiger partial charge in [0, 0.05) is 6.20 Å². The smallest absolute Gasteiger partial charge is 0.284 e. The number of nitrogens with two attached hydrogens (primary N) is 1. The predicted molar refractivity (Wildman–Crippen MR) is 73.0 cm³/mol. The first kappa shape index (κ1) is 14.4. The second kappa shape index (κ2) is 5.96. The molecular weight excluding hydrogens is 303 g/mol. The molecular formula is C11H9FN4O2S2. The Balaban J connectivity index is 2.25. The van der Waals surface area contributed by atoms with E-state index in [1.165, 1.54) is 18.5 Å². The van der Waals surface area contributed by atoms with Crippen LogP contribution in [0.1, 0.15) is 4.88 Å². The first-order valence-corrected chi connectivity index (χ1v) is 7.61. The molecule has 0 atom stereocenters. The fourth-order valence-electron chi connectivity index (χ4n) is 1.25. The Hall–Kier alpha value is -2.02. The number of thiazole rings is 1. The number of nitrogens with one attached hydrogen (secondary N) is 1. The Labute approximate surface area is 118 Å². The largest absolute Gasteiger partial charge is 0.320 e. The molecule has 6 nitrogen and oxygen atoms in total. The van der Waals surface area contributed by atoms with E-state index in [9.17, 15) is 12.8 Å². The Morgan fingerprint density at radius 2 is 2.25 bits per heavy atom. The SMILES string of the molecule is NCC#Cc1cnc(NS(=O)(=O)c2ncccc2F)s1. The van der Waals surface area contributed by atoms with Crippen molar-refractivity contribution in [2.75, 3.05) is 11.3 Å². The molecule has 0 spiro atoms. The summed E-state index contributed by atoms with van der Waals surface area (Å²) in [6.45, 7) is 0.193. The van der Waals surface area contributed by atoms with Crippen LogP contribution in [0.25, 0.3) is 0 Å². The second-order valence-corrected chi connectivity index (χ2v) is 6.06. The van der Waals surface area contributed by atoms with Crippen LogP contribution in [0.2, 0.25) is 0 Å². The Bertz CT molecular complexity index is 777. The number of halogens is 1. The number of sulfonamides is 1. The molecule has 2 aromatic heterocycles. The highest BCUT2D eigenvalue weighted by Crippen LogP contribution is 2.21. The standard InChI is InChI=1S/C11H9FN4O2S2/c12-9-4-2-6-14-10(9)20(17,18)16-11-15-7-8(19-11)3-1-5-13/h2,4,6-7H,5,13H2,(H,15,16). The topological polar surface area (TPSA) is 98.0 Å². The normalized spacial score (nSPS) is 10.7. The lowest BCUT2D eigenvalue weighted by molar-refractivity contribution is 0.557. The Morgan fingerprint density at radius 3 is 2.95 bits per heavy atom. The zero-order valence-corrected chi connectivity index (χ0v) is 11.6. The molecule has 0 unspecified atom stereocenters. The van der Waals surface area contributed by atoms with Crippen molar-refractivity contribution in [3.63, 3.8) is 0 Å². The van der Waals surface area contributed by atoms with E-state index in [1.807, 2.05) is 0 Å². The molecule has 0 aliphatic heterocycles. The summed E-state index contributed by atoms with van der Waals surface area (Å²) in [6, 6.07) is 2.32. The van der Waals surface area contributed by atoms with Crippen molar-refractivity contribution in [2.24, 2.45) is 5.73 Å². The lowest BCUT2D eigenvalue weighted by atomic mass is 10.5. The van der Waals surface area contributed by atoms with Gasteiger partial charge in [0.05, 0.1) is 17.6 Å². The summed E-state index contributed by atoms with van der Waals surface area (Å²) in [7, 11) is -4.11. The van der Waals surface area contributed by atoms with Crippen molar-refractivity contribution < 1.29 is 12.8 Å². The van der Waals surface area contributed by atoms with Gasteiger partial charge in [-0.25, -0.2) is 14.4 Å². The average molecular weight is 312 g/mol. The first-order valence-electron chi connectivity index (χ1n) is 5.31. The summed E-state index contributed by atoms with van der Waals surface area (Å²) in [6.07, 6.45) is 2.59. The van der Waals surface area contributed by atoms with Crippen LogP contribution in [0.3, 0.4) is 0 Å². The van der Waals surface area contributed by atoms with Gasteiger partial charge in [-0.05, 0) is 12.1 Å². The molecule has 0 fully saturated rings. The first-order chi connectivity index (χ1) is 9.53. The average Bonchev–Trinajstić information content (AvgIpc) is 2.83. The minimum Gasteiger partial charge on any atom is -0.320 e. The number of aromatic nitrogens is 2. The Kier molecular flexibility index (Phi) is 4.29. The van der Waals surface area contributed by atoms with Gasteiger partial charge in [-0.15, -0.1) is 0 Å². The molecule has 0 aromatic carbocycles. The van der Waals surface area contributed by atoms with E-state index >= 15 is 0 Å². The molecule has 0 radical (unpaired) electrons. The van der Waals surface area contributed by atoms with Crippen molar-refractivity contribution in [3.8, 4) is 11.8 Å². The predicted octanol–water partition coefficient (Wildman–Crippen LogP) is 0.788. The molecule has 104 valence electrons. The van der Waals surface area contributed by atoms with E-state index < -0.39 is 20.9 Å². The molecule has 20 heavy (non-hydrogen) atoms. The van der Waals surface area contributed by atoms with Crippen molar-refractivity contribution >= 4 is 26.5 Å². The summed E-state index contributed by atoms with van der Waals surface area (Å²) in [5.41, 5.74) is 5.23. The minimum atomic E-state index is -4.11. The van der Waals surface area contributed by atoms with Gasteiger partial charge in [-0.2, -0.15) is 8.42 Å². The summed E-state index contributed by atoms with van der Waals surface area (Å²) >= 11 is 1.02. The van der Waals surface area contributed by atoms with Crippen LogP contribution in [0.15, 0.2) is 29.6 Å². The van der Waals surface area contributed by atoms with E-state index in [0.29, 0.717) is 4.88 Å². The van der Waals surface area contributed by atoms with Gasteiger partial charge in [-0.1, -0.05) is 23.2 Å². The van der Waals surface area contributed by atoms with Crippen LogP contribution in [0.4, 0.5) is 9.52 Å². The van der Waals surface area contributed by atoms with E-state index in [0.717, 1.165) is 17.4 Å². The van der Waals surface area contributed by atoms with E-state index in [4.69, 9.17) is 5.73 Å². The molecule has 2 rings (SSSR count). The number of hydrogen-bond acceptors (Lipinski definition) is 6. The van der Waals surface area contributed by atoms with Crippen LogP contribution in [0, 0.1) is 17.7 Å². The lowest BCUT2D eigenvalue weighted by Crippen LogP contribution is -2.15. The van der Waals surface area contributed by atoms with E-state index in [1.54, 1.807) is 0 Å². The van der Waals surface area contributed by atoms with Gasteiger partial charge in [0.1, 0.15) is 0 Å². The zero-order valence-electron chi connectivity index (χ0n) is 10.00. The van der Waals surface area contributed by atoms with Gasteiger partial charge in [0.25, 0.3) is 10.0 Å². The minimum absolute atomic E-state index is 0.0800. The van der Waals surface area contributed by atoms with Crippen LogP contribution >= 0.6 is 11.3 Å². The molecule has 0 bridgehead atoms. The van der Waals surface area contributed by atoms with Gasteiger partial charge in [-0.3, -0.25) is 4.72 Å². The molecule has 0 aliphatic rings. The summed E-state index contributed by atoms with van der Waals surface area (Å²) in [4.78, 5) is 7.90. The van der Waals surface area contributed by atoms with Gasteiger partial charge in [0.15, 0.2) is 10.9 Å². The second-order valence-electron chi connectivity index (χ2n) is 3.43. The fourth-order valence-corrected chi connectivity index (χ4v) is 3.19. The fraction of sp³-hybridized carbons (Fsp3) is 0.0909. The highest BCUT2D eigenvalue weighted by molar-refractivity contribution is 7.92. The van der Waals surface area contributed by atoms with Crippen LogP contribution in [0.5, 0.6) is 0 Å². The number of hydrogen-bond donors (Lipinski definition) is 2. The molecule has 0 aliphatic carbocycles. The zero-order chi connectivity index (χ0) is 14.6. The molecule has 0 saturated carbocycles. The maximum absolute atomic E-state index is 13.4. The van der Waals surface area contributed by atoms with Crippen molar-refractivity contribution in [3.05, 3.63) is 35.2 Å². The lowest BCUT2D eigenvalue weighted by Gasteiger charge is -2.04. The third-order valence-corrected chi connectivity index (χ3v) is 4.25. The maximum atomic E-state index is 13.4. The molecule has 9 heteroatoms. The molecule has 2 heterocycles.